The van der Waals surface area contributed by atoms with Crippen molar-refractivity contribution in [3.8, 4) is 0 Å². The van der Waals surface area contributed by atoms with Crippen molar-refractivity contribution in [3.05, 3.63) is 91.0 Å². The predicted octanol–water partition coefficient (Wildman–Crippen LogP) is 2.81. The van der Waals surface area contributed by atoms with Crippen molar-refractivity contribution in [1.29, 1.82) is 0 Å². The minimum absolute atomic E-state index is 0. The number of rotatable bonds is 6. The van der Waals surface area contributed by atoms with Gasteiger partial charge in [-0.2, -0.15) is 0 Å². The molecule has 0 aliphatic rings. The molecule has 0 bridgehead atoms. The average molecular weight is 548 g/mol. The van der Waals surface area contributed by atoms with E-state index in [1.165, 1.54) is 0 Å². The zero-order valence-electron chi connectivity index (χ0n) is 20.2. The Hall–Kier alpha value is -1.40. The van der Waals surface area contributed by atoms with E-state index in [2.05, 4.69) is 0 Å². The second-order valence-corrected chi connectivity index (χ2v) is 10.1. The topological polar surface area (TPSA) is 80.9 Å². The molecular weight excluding hydrogens is 508 g/mol. The van der Waals surface area contributed by atoms with Crippen LogP contribution in [0.3, 0.4) is 0 Å². The molecule has 0 saturated heterocycles. The average Bonchev–Trinajstić information content (AvgIpc) is 2.90. The first-order valence-corrected chi connectivity index (χ1v) is 13.2. The molecule has 6 heteroatoms. The van der Waals surface area contributed by atoms with Gasteiger partial charge in [-0.1, -0.05) is 112 Å². The van der Waals surface area contributed by atoms with Gasteiger partial charge >= 0.3 is 0 Å². The number of aliphatic hydroxyl groups excluding tert-OH is 3. The first-order valence-electron chi connectivity index (χ1n) is 11.3. The van der Waals surface area contributed by atoms with Gasteiger partial charge in [-0.25, -0.2) is 0 Å². The molecule has 0 unspecified atom stereocenters. The number of aliphatic hydroxyl groups is 3. The summed E-state index contributed by atoms with van der Waals surface area (Å²) < 4.78 is 0. The molecule has 0 heterocycles. The van der Waals surface area contributed by atoms with E-state index in [4.69, 9.17) is 15.3 Å². The van der Waals surface area contributed by atoms with Gasteiger partial charge < -0.3 is 20.1 Å². The SMILES string of the molecule is CCCO.CCCO.CCCO.O[Si](c1ccccc1)(c1ccccc1)c1ccccc1.[Zr]. The Morgan fingerprint density at radius 2 is 0.667 bits per heavy atom. The zero-order chi connectivity index (χ0) is 24.1. The Morgan fingerprint density at radius 3 is 0.818 bits per heavy atom. The first-order chi connectivity index (χ1) is 15.6. The van der Waals surface area contributed by atoms with E-state index in [0.29, 0.717) is 19.8 Å². The van der Waals surface area contributed by atoms with Gasteiger partial charge in [0.2, 0.25) is 0 Å². The Bertz CT molecular complexity index is 662. The Morgan fingerprint density at radius 1 is 0.485 bits per heavy atom. The summed E-state index contributed by atoms with van der Waals surface area (Å²) in [6.07, 6.45) is 2.62. The van der Waals surface area contributed by atoms with E-state index < -0.39 is 8.32 Å². The zero-order valence-corrected chi connectivity index (χ0v) is 23.6. The molecular formula is C27H40O4SiZr. The number of hydrogen-bond donors (Lipinski definition) is 4. The second-order valence-electron chi connectivity index (χ2n) is 6.98. The van der Waals surface area contributed by atoms with Crippen LogP contribution in [0.1, 0.15) is 40.0 Å². The van der Waals surface area contributed by atoms with Crippen molar-refractivity contribution in [2.45, 2.75) is 40.0 Å². The van der Waals surface area contributed by atoms with Gasteiger partial charge in [-0.05, 0) is 34.8 Å². The van der Waals surface area contributed by atoms with Crippen LogP contribution in [0.2, 0.25) is 0 Å². The van der Waals surface area contributed by atoms with Gasteiger partial charge in [-0.3, -0.25) is 0 Å². The van der Waals surface area contributed by atoms with Crippen molar-refractivity contribution >= 4 is 23.9 Å². The van der Waals surface area contributed by atoms with Crippen molar-refractivity contribution in [1.82, 2.24) is 0 Å². The standard InChI is InChI=1S/C18H16OSi.3C3H8O.Zr/c19-20(16-10-4-1-5-11-16,17-12-6-2-7-13-17)18-14-8-3-9-15-18;3*1-2-3-4;/h1-15,19H;3*4H,2-3H2,1H3;. The molecule has 4 nitrogen and oxygen atoms in total. The quantitative estimate of drug-likeness (QED) is 0.283. The Labute approximate surface area is 220 Å². The van der Waals surface area contributed by atoms with E-state index in [9.17, 15) is 4.80 Å². The normalized spacial score (nSPS) is 9.55. The third kappa shape index (κ3) is 13.2. The van der Waals surface area contributed by atoms with Crippen LogP contribution in [-0.4, -0.2) is 48.3 Å². The minimum atomic E-state index is -2.88. The predicted molar refractivity (Wildman–Crippen MR) is 138 cm³/mol. The van der Waals surface area contributed by atoms with Crippen LogP contribution < -0.4 is 15.6 Å². The van der Waals surface area contributed by atoms with E-state index in [0.717, 1.165) is 34.8 Å². The van der Waals surface area contributed by atoms with Crippen molar-refractivity contribution < 1.29 is 46.3 Å². The van der Waals surface area contributed by atoms with Crippen LogP contribution in [0.15, 0.2) is 91.0 Å². The third-order valence-corrected chi connectivity index (χ3v) is 7.75. The molecule has 0 aliphatic carbocycles. The molecule has 3 rings (SSSR count). The number of hydrogen-bond acceptors (Lipinski definition) is 4. The first kappa shape index (κ1) is 33.8. The maximum atomic E-state index is 11.6. The monoisotopic (exact) mass is 546 g/mol. The van der Waals surface area contributed by atoms with Crippen molar-refractivity contribution in [2.24, 2.45) is 0 Å². The minimum Gasteiger partial charge on any atom is -0.421 e. The van der Waals surface area contributed by atoms with Crippen molar-refractivity contribution in [2.75, 3.05) is 19.8 Å². The van der Waals surface area contributed by atoms with Crippen LogP contribution in [0.4, 0.5) is 0 Å². The molecule has 180 valence electrons. The maximum Gasteiger partial charge on any atom is 0.285 e. The molecule has 0 saturated carbocycles. The smallest absolute Gasteiger partial charge is 0.285 e. The summed E-state index contributed by atoms with van der Waals surface area (Å²) >= 11 is 0. The third-order valence-electron chi connectivity index (χ3n) is 4.25. The van der Waals surface area contributed by atoms with Crippen LogP contribution >= 0.6 is 0 Å². The largest absolute Gasteiger partial charge is 0.421 e. The maximum absolute atomic E-state index is 11.6. The molecule has 33 heavy (non-hydrogen) atoms. The van der Waals surface area contributed by atoms with Gasteiger partial charge in [0.05, 0.1) is 0 Å². The van der Waals surface area contributed by atoms with Gasteiger partial charge in [0.25, 0.3) is 8.32 Å². The van der Waals surface area contributed by atoms with E-state index in [1.54, 1.807) is 0 Å². The van der Waals surface area contributed by atoms with Crippen LogP contribution in [-0.2, 0) is 26.2 Å². The summed E-state index contributed by atoms with van der Waals surface area (Å²) in [6, 6.07) is 30.0. The molecule has 0 radical (unpaired) electrons. The van der Waals surface area contributed by atoms with Gasteiger partial charge in [-0.15, -0.1) is 0 Å². The fourth-order valence-corrected chi connectivity index (χ4v) is 5.56. The van der Waals surface area contributed by atoms with Crippen LogP contribution in [0, 0.1) is 0 Å². The van der Waals surface area contributed by atoms with E-state index >= 15 is 0 Å². The van der Waals surface area contributed by atoms with E-state index in [1.807, 2.05) is 112 Å². The second kappa shape index (κ2) is 22.4. The van der Waals surface area contributed by atoms with Gasteiger partial charge in [0, 0.05) is 46.0 Å². The summed E-state index contributed by atoms with van der Waals surface area (Å²) in [7, 11) is -2.88. The molecule has 4 N–H and O–H groups in total. The summed E-state index contributed by atoms with van der Waals surface area (Å²) in [5.41, 5.74) is 0. The molecule has 3 aromatic rings. The van der Waals surface area contributed by atoms with E-state index in [-0.39, 0.29) is 26.2 Å². The molecule has 0 fully saturated rings. The fourth-order valence-electron chi connectivity index (χ4n) is 2.54. The summed E-state index contributed by atoms with van der Waals surface area (Å²) in [6.45, 7) is 6.75. The molecule has 0 amide bonds. The van der Waals surface area contributed by atoms with Crippen LogP contribution in [0.5, 0.6) is 0 Å². The molecule has 0 aliphatic heterocycles. The molecule has 0 spiro atoms. The summed E-state index contributed by atoms with van der Waals surface area (Å²) in [5.74, 6) is 0. The Balaban J connectivity index is 0. The van der Waals surface area contributed by atoms with Gasteiger partial charge in [0.15, 0.2) is 0 Å². The molecule has 3 aromatic carbocycles. The summed E-state index contributed by atoms with van der Waals surface area (Å²) in [5, 5.41) is 26.7. The molecule has 0 atom stereocenters. The van der Waals surface area contributed by atoms with Crippen LogP contribution in [0.25, 0.3) is 0 Å². The Kier molecular flexibility index (Phi) is 22.9. The van der Waals surface area contributed by atoms with Crippen molar-refractivity contribution in [3.63, 3.8) is 0 Å². The number of benzene rings is 3. The fraction of sp³-hybridized carbons (Fsp3) is 0.333. The molecule has 0 aromatic heterocycles. The summed E-state index contributed by atoms with van der Waals surface area (Å²) in [4.78, 5) is 11.6. The van der Waals surface area contributed by atoms with Gasteiger partial charge in [0.1, 0.15) is 0 Å².